The minimum Gasteiger partial charge on any atom is -0.394 e. The highest BCUT2D eigenvalue weighted by Gasteiger charge is 2.53. The lowest BCUT2D eigenvalue weighted by atomic mass is 10.1. The van der Waals surface area contributed by atoms with Crippen molar-refractivity contribution in [3.8, 4) is 0 Å². The monoisotopic (exact) mass is 697 g/mol. The molecule has 3 aliphatic heterocycles. The van der Waals surface area contributed by atoms with E-state index < -0.39 is 81.9 Å². The summed E-state index contributed by atoms with van der Waals surface area (Å²) in [4.78, 5) is 33.5. The van der Waals surface area contributed by atoms with Crippen LogP contribution in [0.1, 0.15) is 30.7 Å². The molecule has 0 amide bonds. The van der Waals surface area contributed by atoms with Crippen molar-refractivity contribution < 1.29 is 42.0 Å². The number of aliphatic hydroxyl groups is 1. The third-order valence-electron chi connectivity index (χ3n) is 6.77. The van der Waals surface area contributed by atoms with Gasteiger partial charge in [0.1, 0.15) is 36.3 Å². The number of alkyl halides is 1. The molecule has 0 saturated carbocycles. The molecule has 26 heteroatoms. The number of thiol groups is 1. The van der Waals surface area contributed by atoms with Crippen LogP contribution in [0.5, 0.6) is 0 Å². The Hall–Kier alpha value is -2.60. The number of aliphatic imine (C=N–C) groups is 1. The third kappa shape index (κ3) is 6.00. The Morgan fingerprint density at radius 1 is 1.30 bits per heavy atom. The Morgan fingerprint density at radius 3 is 2.82 bits per heavy atom. The topological polar surface area (TPSA) is 287 Å². The summed E-state index contributed by atoms with van der Waals surface area (Å²) < 4.78 is 57.7. The first-order valence-corrected chi connectivity index (χ1v) is 17.5. The minimum absolute atomic E-state index is 0.0137. The molecule has 21 nitrogen and oxygen atoms in total. The van der Waals surface area contributed by atoms with Gasteiger partial charge in [-0.3, -0.25) is 14.8 Å². The van der Waals surface area contributed by atoms with E-state index in [1.165, 1.54) is 6.34 Å². The molecule has 0 aromatic carbocycles. The van der Waals surface area contributed by atoms with Crippen molar-refractivity contribution in [3.05, 3.63) is 16.0 Å². The number of nitrogens with two attached hydrogens (primary N) is 2. The second-order valence-corrected chi connectivity index (χ2v) is 14.0. The molecule has 6 heterocycles. The summed E-state index contributed by atoms with van der Waals surface area (Å²) in [6.07, 6.45) is -8.77. The highest BCUT2D eigenvalue weighted by atomic mass is 32.7. The van der Waals surface area contributed by atoms with Gasteiger partial charge in [-0.15, -0.1) is 14.7 Å². The molecule has 238 valence electrons. The van der Waals surface area contributed by atoms with E-state index >= 15 is 4.39 Å². The van der Waals surface area contributed by atoms with E-state index in [1.807, 2.05) is 0 Å². The van der Waals surface area contributed by atoms with Crippen LogP contribution in [0, 0.1) is 0 Å². The fourth-order valence-corrected chi connectivity index (χ4v) is 7.10. The number of fused-ring (bicyclic) bond motifs is 2. The van der Waals surface area contributed by atoms with E-state index in [-0.39, 0.29) is 35.0 Å². The van der Waals surface area contributed by atoms with Gasteiger partial charge in [0, 0.05) is 6.42 Å². The van der Waals surface area contributed by atoms with Crippen molar-refractivity contribution in [1.82, 2.24) is 40.0 Å². The number of rotatable bonds is 10. The molecule has 6 rings (SSSR count). The van der Waals surface area contributed by atoms with Crippen molar-refractivity contribution in [1.29, 1.82) is 0 Å². The number of nitrogens with zero attached hydrogens (tertiary/aromatic N) is 8. The molecule has 44 heavy (non-hydrogen) atoms. The smallest absolute Gasteiger partial charge is 0.394 e. The van der Waals surface area contributed by atoms with Crippen molar-refractivity contribution in [3.63, 3.8) is 0 Å². The van der Waals surface area contributed by atoms with Gasteiger partial charge in [0.05, 0.1) is 25.7 Å². The number of hydrogen-bond donors (Lipinski definition) is 7. The van der Waals surface area contributed by atoms with Gasteiger partial charge in [-0.25, -0.2) is 4.39 Å². The predicted molar refractivity (Wildman–Crippen MR) is 153 cm³/mol. The minimum atomic E-state index is -4.17. The highest BCUT2D eigenvalue weighted by molar-refractivity contribution is 8.39. The van der Waals surface area contributed by atoms with E-state index in [0.29, 0.717) is 0 Å². The van der Waals surface area contributed by atoms with Crippen LogP contribution >= 0.6 is 26.2 Å². The molecule has 2 saturated heterocycles. The number of ether oxygens (including phenoxy) is 2. The fraction of sp³-hybridized carbons (Fsp3) is 0.611. The molecule has 0 radical (unpaired) electrons. The fourth-order valence-electron chi connectivity index (χ4n) is 4.87. The Labute approximate surface area is 255 Å². The Bertz CT molecular complexity index is 1710. The van der Waals surface area contributed by atoms with Gasteiger partial charge < -0.3 is 45.3 Å². The number of aromatic nitrogens is 8. The molecule has 0 spiro atoms. The third-order valence-corrected chi connectivity index (χ3v) is 9.06. The lowest BCUT2D eigenvalue weighted by Crippen LogP contribution is -2.33. The van der Waals surface area contributed by atoms with Crippen LogP contribution in [0.15, 0.2) is 9.79 Å². The Balaban J connectivity index is 1.19. The Morgan fingerprint density at radius 2 is 2.07 bits per heavy atom. The maximum absolute atomic E-state index is 15.7. The van der Waals surface area contributed by atoms with Crippen LogP contribution in [-0.2, 0) is 39.4 Å². The normalized spacial score (nSPS) is 31.6. The zero-order valence-electron chi connectivity index (χ0n) is 21.9. The number of aliphatic hydroxyl groups excluding tert-OH is 1. The van der Waals surface area contributed by atoms with Gasteiger partial charge in [-0.2, -0.15) is 14.3 Å². The first-order chi connectivity index (χ1) is 21.0. The first kappa shape index (κ1) is 31.4. The molecule has 3 aromatic rings. The van der Waals surface area contributed by atoms with Gasteiger partial charge in [0.15, 0.2) is 41.7 Å². The largest absolute Gasteiger partial charge is 0.582 e. The van der Waals surface area contributed by atoms with E-state index in [9.17, 15) is 19.4 Å². The SMILES string of the molecule is Nc1nc2c(nnn2[C@@H]2O[C@H](CO)C[C@H]2OP(O)(=S)OC[C@H]2O[C@@H](n3nnc4c3NC=NC4N)[C@@H](F)[C@@H]2O[P+](=O)S)c(=O)[nH]1. The number of nitrogens with one attached hydrogen (secondary N) is 2. The lowest BCUT2D eigenvalue weighted by molar-refractivity contribution is -0.0602. The number of hydrogen-bond acceptors (Lipinski definition) is 18. The number of aromatic amines is 1. The van der Waals surface area contributed by atoms with Gasteiger partial charge in [-0.1, -0.05) is 10.4 Å². The number of H-pyrrole nitrogens is 1. The van der Waals surface area contributed by atoms with Crippen molar-refractivity contribution >= 4 is 67.3 Å². The zero-order chi connectivity index (χ0) is 31.3. The molecule has 10 atom stereocenters. The van der Waals surface area contributed by atoms with E-state index in [2.05, 4.69) is 53.1 Å². The van der Waals surface area contributed by atoms with E-state index in [1.54, 1.807) is 0 Å². The molecule has 0 aliphatic carbocycles. The van der Waals surface area contributed by atoms with Gasteiger partial charge in [-0.05, 0) is 16.4 Å². The molecule has 3 aromatic heterocycles. The molecule has 0 bridgehead atoms. The second kappa shape index (κ2) is 12.3. The number of nitrogen functional groups attached to an aromatic ring is 1. The molecule has 8 N–H and O–H groups in total. The summed E-state index contributed by atoms with van der Waals surface area (Å²) in [6.45, 7) is -5.18. The van der Waals surface area contributed by atoms with E-state index in [4.69, 9.17) is 46.3 Å². The van der Waals surface area contributed by atoms with E-state index in [0.717, 1.165) is 9.36 Å². The molecular weight excluding hydrogens is 673 g/mol. The summed E-state index contributed by atoms with van der Waals surface area (Å²) >= 11 is 8.93. The molecule has 3 aliphatic rings. The summed E-state index contributed by atoms with van der Waals surface area (Å²) in [6, 6.07) is 0. The number of anilines is 2. The van der Waals surface area contributed by atoms with Crippen molar-refractivity contribution in [2.24, 2.45) is 10.7 Å². The predicted octanol–water partition coefficient (Wildman–Crippen LogP) is -1.09. The highest BCUT2D eigenvalue weighted by Crippen LogP contribution is 2.51. The molecule has 3 unspecified atom stereocenters. The molecule has 2 fully saturated rings. The second-order valence-electron chi connectivity index (χ2n) is 9.59. The summed E-state index contributed by atoms with van der Waals surface area (Å²) in [5, 5.41) is 28.0. The average molecular weight is 698 g/mol. The van der Waals surface area contributed by atoms with Crippen molar-refractivity contribution in [2.75, 3.05) is 24.3 Å². The van der Waals surface area contributed by atoms with Gasteiger partial charge in [0.25, 0.3) is 5.56 Å². The van der Waals surface area contributed by atoms with Gasteiger partial charge >= 0.3 is 13.9 Å². The summed E-state index contributed by atoms with van der Waals surface area (Å²) in [5.41, 5.74) is 10.9. The molecular formula is C18H24FN12O9P2S2+. The lowest BCUT2D eigenvalue weighted by Gasteiger charge is -2.25. The van der Waals surface area contributed by atoms with Crippen LogP contribution in [0.2, 0.25) is 0 Å². The number of halogens is 1. The van der Waals surface area contributed by atoms with Crippen LogP contribution < -0.4 is 22.3 Å². The van der Waals surface area contributed by atoms with Crippen LogP contribution in [0.4, 0.5) is 16.2 Å². The standard InChI is InChI=1S/C18H23FN12O9P2S2/c19-8-11(39-41(34)43)7(38-17(8)30-13-9(26-28-30)12(20)22-4-23-13)3-36-42(35,44)40-6-1-5(2-32)37-16(6)31-14-10(27-29-31)15(33)25-18(21)24-14/h4-8,11-12,16-17,32H,1-3,20H2,(H5-,21,22,23,24,25,28,29,33,34,35,43,44)/p+1/t5-,6+,7+,8-,11+,12?,16+,17+,42?/m0/s1. The summed E-state index contributed by atoms with van der Waals surface area (Å²) in [7, 11) is -2.60. The van der Waals surface area contributed by atoms with Gasteiger partial charge in [0.2, 0.25) is 5.95 Å². The Kier molecular flexibility index (Phi) is 8.78. The first-order valence-electron chi connectivity index (χ1n) is 12.6. The maximum atomic E-state index is 15.7. The average Bonchev–Trinajstić information content (AvgIpc) is 3.73. The van der Waals surface area contributed by atoms with Crippen LogP contribution in [0.3, 0.4) is 0 Å². The van der Waals surface area contributed by atoms with Crippen molar-refractivity contribution in [2.45, 2.75) is 55.6 Å². The zero-order valence-corrected chi connectivity index (χ0v) is 25.4. The van der Waals surface area contributed by atoms with Crippen LogP contribution in [0.25, 0.3) is 11.2 Å². The van der Waals surface area contributed by atoms with Crippen LogP contribution in [-0.4, -0.2) is 100 Å². The maximum Gasteiger partial charge on any atom is 0.582 e. The summed E-state index contributed by atoms with van der Waals surface area (Å²) in [5.74, 6) is 0.00526. The quantitative estimate of drug-likeness (QED) is 0.0978.